The molecular formula is C25H23N3O4S. The molecule has 7 nitrogen and oxygen atoms in total. The van der Waals surface area contributed by atoms with Crippen LogP contribution in [-0.4, -0.2) is 55.1 Å². The molecule has 3 aromatic rings. The Kier molecular flexibility index (Phi) is 5.93. The van der Waals surface area contributed by atoms with Crippen LogP contribution in [0.15, 0.2) is 54.7 Å². The Morgan fingerprint density at radius 2 is 1.76 bits per heavy atom. The van der Waals surface area contributed by atoms with Crippen LogP contribution in [0.1, 0.15) is 26.4 Å². The van der Waals surface area contributed by atoms with Gasteiger partial charge in [-0.15, -0.1) is 0 Å². The Balaban J connectivity index is 1.48. The third-order valence-corrected chi connectivity index (χ3v) is 6.75. The molecule has 0 unspecified atom stereocenters. The average molecular weight is 462 g/mol. The quantitative estimate of drug-likeness (QED) is 0.426. The van der Waals surface area contributed by atoms with E-state index in [4.69, 9.17) is 9.47 Å². The molecule has 0 saturated carbocycles. The fourth-order valence-corrected chi connectivity index (χ4v) is 4.90. The molecule has 0 bridgehead atoms. The number of carbonyl (C=O) groups excluding carboxylic acids is 2. The molecule has 0 radical (unpaired) electrons. The zero-order valence-corrected chi connectivity index (χ0v) is 19.0. The average Bonchev–Trinajstić information content (AvgIpc) is 3.34. The van der Waals surface area contributed by atoms with E-state index < -0.39 is 0 Å². The third kappa shape index (κ3) is 4.27. The van der Waals surface area contributed by atoms with Gasteiger partial charge in [0, 0.05) is 35.3 Å². The summed E-state index contributed by atoms with van der Waals surface area (Å²) >= 11 is 1.53. The lowest BCUT2D eigenvalue weighted by molar-refractivity contribution is -0.123. The van der Waals surface area contributed by atoms with Crippen molar-refractivity contribution in [1.29, 1.82) is 0 Å². The van der Waals surface area contributed by atoms with E-state index in [0.29, 0.717) is 29.9 Å². The third-order valence-electron chi connectivity index (χ3n) is 5.75. The molecule has 1 saturated heterocycles. The van der Waals surface area contributed by atoms with Crippen molar-refractivity contribution < 1.29 is 19.1 Å². The Labute approximate surface area is 195 Å². The van der Waals surface area contributed by atoms with E-state index in [1.54, 1.807) is 19.4 Å². The molecule has 1 aromatic heterocycles. The number of hydrogen-bond donors (Lipinski definition) is 0. The highest BCUT2D eigenvalue weighted by atomic mass is 32.1. The van der Waals surface area contributed by atoms with Crippen LogP contribution in [0.3, 0.4) is 0 Å². The fourth-order valence-electron chi connectivity index (χ4n) is 3.99. The van der Waals surface area contributed by atoms with E-state index in [0.717, 1.165) is 34.4 Å². The van der Waals surface area contributed by atoms with Crippen LogP contribution in [0.25, 0.3) is 11.6 Å². The summed E-state index contributed by atoms with van der Waals surface area (Å²) in [6, 6.07) is 14.6. The van der Waals surface area contributed by atoms with Crippen molar-refractivity contribution in [3.8, 4) is 5.75 Å². The van der Waals surface area contributed by atoms with Gasteiger partial charge in [-0.1, -0.05) is 41.7 Å². The first-order valence-electron chi connectivity index (χ1n) is 10.7. The minimum atomic E-state index is -0.309. The van der Waals surface area contributed by atoms with Crippen LogP contribution >= 0.6 is 11.3 Å². The summed E-state index contributed by atoms with van der Waals surface area (Å²) in [5.41, 5.74) is 2.52. The molecule has 2 aliphatic rings. The Morgan fingerprint density at radius 3 is 2.48 bits per heavy atom. The van der Waals surface area contributed by atoms with Gasteiger partial charge in [0.1, 0.15) is 5.75 Å². The van der Waals surface area contributed by atoms with E-state index in [1.807, 2.05) is 48.5 Å². The number of carbonyl (C=O) groups is 2. The predicted octanol–water partition coefficient (Wildman–Crippen LogP) is 3.71. The number of rotatable bonds is 5. The van der Waals surface area contributed by atoms with Crippen LogP contribution in [0.4, 0.5) is 5.13 Å². The van der Waals surface area contributed by atoms with Crippen molar-refractivity contribution in [1.82, 2.24) is 9.88 Å². The summed E-state index contributed by atoms with van der Waals surface area (Å²) in [5.74, 6) is 0.125. The van der Waals surface area contributed by atoms with Gasteiger partial charge >= 0.3 is 0 Å². The number of ether oxygens (including phenoxy) is 2. The van der Waals surface area contributed by atoms with Crippen LogP contribution in [0, 0.1) is 0 Å². The normalized spacial score (nSPS) is 17.4. The number of thiazole rings is 1. The van der Waals surface area contributed by atoms with E-state index in [-0.39, 0.29) is 18.4 Å². The van der Waals surface area contributed by atoms with Gasteiger partial charge in [-0.2, -0.15) is 0 Å². The second-order valence-corrected chi connectivity index (χ2v) is 8.83. The summed E-state index contributed by atoms with van der Waals surface area (Å²) < 4.78 is 10.6. The summed E-state index contributed by atoms with van der Waals surface area (Å²) in [5, 5.41) is 0.910. The number of nitrogens with zero attached hydrogens (tertiary/aromatic N) is 3. The number of morpholine rings is 1. The Bertz CT molecular complexity index is 1210. The Hall–Kier alpha value is -3.49. The monoisotopic (exact) mass is 461 g/mol. The van der Waals surface area contributed by atoms with Gasteiger partial charge in [0.05, 0.1) is 26.9 Å². The largest absolute Gasteiger partial charge is 0.497 e. The van der Waals surface area contributed by atoms with Gasteiger partial charge in [0.15, 0.2) is 5.13 Å². The minimum absolute atomic E-state index is 0.190. The van der Waals surface area contributed by atoms with Gasteiger partial charge in [0.2, 0.25) is 0 Å². The first-order chi connectivity index (χ1) is 16.1. The lowest BCUT2D eigenvalue weighted by Gasteiger charge is -2.28. The SMILES string of the molecule is COc1ccc(CN2C(=O)/C(=C\c3cnc(N4CCOCC4)s3)c3ccccc3C2=O)cc1. The summed E-state index contributed by atoms with van der Waals surface area (Å²) in [6.07, 6.45) is 3.62. The van der Waals surface area contributed by atoms with Crippen molar-refractivity contribution >= 4 is 39.9 Å². The van der Waals surface area contributed by atoms with Crippen molar-refractivity contribution in [3.63, 3.8) is 0 Å². The number of imide groups is 1. The highest BCUT2D eigenvalue weighted by Crippen LogP contribution is 2.33. The zero-order valence-electron chi connectivity index (χ0n) is 18.2. The molecule has 0 N–H and O–H groups in total. The number of benzene rings is 2. The second-order valence-electron chi connectivity index (χ2n) is 7.79. The maximum Gasteiger partial charge on any atom is 0.261 e. The van der Waals surface area contributed by atoms with E-state index in [9.17, 15) is 9.59 Å². The highest BCUT2D eigenvalue weighted by Gasteiger charge is 2.34. The second kappa shape index (κ2) is 9.17. The highest BCUT2D eigenvalue weighted by molar-refractivity contribution is 7.16. The molecule has 0 atom stereocenters. The summed E-state index contributed by atoms with van der Waals surface area (Å²) in [4.78, 5) is 35.6. The smallest absolute Gasteiger partial charge is 0.261 e. The van der Waals surface area contributed by atoms with Crippen LogP contribution in [0.2, 0.25) is 0 Å². The summed E-state index contributed by atoms with van der Waals surface area (Å²) in [6.45, 7) is 3.16. The van der Waals surface area contributed by atoms with Gasteiger partial charge < -0.3 is 14.4 Å². The number of anilines is 1. The maximum absolute atomic E-state index is 13.5. The van der Waals surface area contributed by atoms with Crippen molar-refractivity contribution in [2.75, 3.05) is 38.3 Å². The maximum atomic E-state index is 13.5. The van der Waals surface area contributed by atoms with Gasteiger partial charge in [-0.25, -0.2) is 4.98 Å². The number of amides is 2. The standard InChI is InChI=1S/C25H23N3O4S/c1-31-18-8-6-17(7-9-18)16-28-23(29)21-5-3-2-4-20(21)22(24(28)30)14-19-15-26-25(33-19)27-10-12-32-13-11-27/h2-9,14-15H,10-13,16H2,1H3/b22-14-. The molecule has 5 rings (SSSR count). The van der Waals surface area contributed by atoms with Crippen molar-refractivity contribution in [2.24, 2.45) is 0 Å². The first-order valence-corrected chi connectivity index (χ1v) is 11.5. The number of methoxy groups -OCH3 is 1. The topological polar surface area (TPSA) is 72.0 Å². The molecule has 3 heterocycles. The van der Waals surface area contributed by atoms with Crippen LogP contribution < -0.4 is 9.64 Å². The van der Waals surface area contributed by atoms with Crippen LogP contribution in [-0.2, 0) is 16.1 Å². The number of hydrogen-bond acceptors (Lipinski definition) is 7. The molecule has 1 fully saturated rings. The number of aromatic nitrogens is 1. The van der Waals surface area contributed by atoms with Gasteiger partial charge in [-0.05, 0) is 35.4 Å². The molecule has 8 heteroatoms. The molecule has 0 spiro atoms. The number of fused-ring (bicyclic) bond motifs is 1. The van der Waals surface area contributed by atoms with Crippen molar-refractivity contribution in [2.45, 2.75) is 6.54 Å². The fraction of sp³-hybridized carbons (Fsp3) is 0.240. The lowest BCUT2D eigenvalue weighted by atomic mass is 9.92. The molecule has 0 aliphatic carbocycles. The molecule has 168 valence electrons. The van der Waals surface area contributed by atoms with E-state index in [1.165, 1.54) is 16.2 Å². The van der Waals surface area contributed by atoms with E-state index >= 15 is 0 Å². The predicted molar refractivity (Wildman–Crippen MR) is 127 cm³/mol. The van der Waals surface area contributed by atoms with Crippen LogP contribution in [0.5, 0.6) is 5.75 Å². The molecule has 2 aliphatic heterocycles. The molecule has 2 amide bonds. The summed E-state index contributed by atoms with van der Waals surface area (Å²) in [7, 11) is 1.60. The molecule has 33 heavy (non-hydrogen) atoms. The first kappa shape index (κ1) is 21.4. The molecular weight excluding hydrogens is 438 g/mol. The van der Waals surface area contributed by atoms with Gasteiger partial charge in [-0.3, -0.25) is 14.5 Å². The van der Waals surface area contributed by atoms with Gasteiger partial charge in [0.25, 0.3) is 11.8 Å². The zero-order chi connectivity index (χ0) is 22.8. The Morgan fingerprint density at radius 1 is 1.03 bits per heavy atom. The molecule has 2 aromatic carbocycles. The van der Waals surface area contributed by atoms with E-state index in [2.05, 4.69) is 9.88 Å². The van der Waals surface area contributed by atoms with Crippen molar-refractivity contribution in [3.05, 3.63) is 76.3 Å². The minimum Gasteiger partial charge on any atom is -0.497 e. The lowest BCUT2D eigenvalue weighted by Crippen LogP contribution is -2.41.